The van der Waals surface area contributed by atoms with E-state index in [1.165, 1.54) is 0 Å². The molecule has 1 aliphatic rings. The van der Waals surface area contributed by atoms with Crippen LogP contribution >= 0.6 is 0 Å². The second-order valence-electron chi connectivity index (χ2n) is 5.72. The van der Waals surface area contributed by atoms with Crippen molar-refractivity contribution in [2.45, 2.75) is 45.1 Å². The predicted octanol–water partition coefficient (Wildman–Crippen LogP) is 2.10. The van der Waals surface area contributed by atoms with Crippen LogP contribution in [-0.2, 0) is 4.79 Å². The van der Waals surface area contributed by atoms with E-state index in [1.807, 2.05) is 32.0 Å². The number of carbonyl (C=O) groups excluding carboxylic acids is 1. The van der Waals surface area contributed by atoms with Crippen molar-refractivity contribution in [1.29, 1.82) is 0 Å². The highest BCUT2D eigenvalue weighted by molar-refractivity contribution is 5.77. The monoisotopic (exact) mass is 277 g/mol. The van der Waals surface area contributed by atoms with Crippen molar-refractivity contribution in [1.82, 2.24) is 5.32 Å². The molecule has 1 fully saturated rings. The molecule has 4 nitrogen and oxygen atoms in total. The van der Waals surface area contributed by atoms with Crippen LogP contribution in [0.15, 0.2) is 18.2 Å². The van der Waals surface area contributed by atoms with Crippen LogP contribution in [0.3, 0.4) is 0 Å². The summed E-state index contributed by atoms with van der Waals surface area (Å²) in [6.45, 7) is 4.23. The SMILES string of the molecule is Cc1cccc(C)c1OCC(=O)NCC1(O)CCCC1. The summed E-state index contributed by atoms with van der Waals surface area (Å²) in [6.07, 6.45) is 3.60. The zero-order valence-electron chi connectivity index (χ0n) is 12.2. The van der Waals surface area contributed by atoms with Crippen molar-refractivity contribution < 1.29 is 14.6 Å². The molecule has 110 valence electrons. The first-order valence-electron chi connectivity index (χ1n) is 7.18. The molecule has 1 aromatic carbocycles. The van der Waals surface area contributed by atoms with Crippen LogP contribution in [0.2, 0.25) is 0 Å². The average Bonchev–Trinajstić information content (AvgIpc) is 2.83. The van der Waals surface area contributed by atoms with Gasteiger partial charge in [-0.15, -0.1) is 0 Å². The molecule has 1 aromatic rings. The number of aryl methyl sites for hydroxylation is 2. The van der Waals surface area contributed by atoms with Crippen molar-refractivity contribution in [3.63, 3.8) is 0 Å². The summed E-state index contributed by atoms with van der Waals surface area (Å²) in [6, 6.07) is 5.89. The Hall–Kier alpha value is -1.55. The van der Waals surface area contributed by atoms with Gasteiger partial charge < -0.3 is 15.2 Å². The van der Waals surface area contributed by atoms with Gasteiger partial charge in [-0.05, 0) is 37.8 Å². The highest BCUT2D eigenvalue weighted by Crippen LogP contribution is 2.28. The molecule has 0 heterocycles. The van der Waals surface area contributed by atoms with Crippen molar-refractivity contribution in [3.8, 4) is 5.75 Å². The summed E-state index contributed by atoms with van der Waals surface area (Å²) in [4.78, 5) is 11.8. The Bertz CT molecular complexity index is 458. The molecule has 0 aromatic heterocycles. The summed E-state index contributed by atoms with van der Waals surface area (Å²) < 4.78 is 5.58. The van der Waals surface area contributed by atoms with Crippen molar-refractivity contribution >= 4 is 5.91 Å². The molecule has 1 aliphatic carbocycles. The number of rotatable bonds is 5. The fourth-order valence-electron chi connectivity index (χ4n) is 2.69. The third-order valence-electron chi connectivity index (χ3n) is 3.91. The largest absolute Gasteiger partial charge is 0.483 e. The highest BCUT2D eigenvalue weighted by Gasteiger charge is 2.31. The number of benzene rings is 1. The number of hydrogen-bond donors (Lipinski definition) is 2. The quantitative estimate of drug-likeness (QED) is 0.866. The standard InChI is InChI=1S/C16H23NO3/c1-12-6-5-7-13(2)15(12)20-10-14(18)17-11-16(19)8-3-4-9-16/h5-7,19H,3-4,8-11H2,1-2H3,(H,17,18). The van der Waals surface area contributed by atoms with E-state index in [9.17, 15) is 9.90 Å². The molecule has 1 amide bonds. The molecule has 0 unspecified atom stereocenters. The second kappa shape index (κ2) is 6.27. The molecule has 0 saturated heterocycles. The van der Waals surface area contributed by atoms with Crippen molar-refractivity contribution in [2.24, 2.45) is 0 Å². The summed E-state index contributed by atoms with van der Waals surface area (Å²) in [5.74, 6) is 0.579. The van der Waals surface area contributed by atoms with Gasteiger partial charge in [0.25, 0.3) is 5.91 Å². The van der Waals surface area contributed by atoms with Crippen LogP contribution in [0.1, 0.15) is 36.8 Å². The van der Waals surface area contributed by atoms with Crippen molar-refractivity contribution in [3.05, 3.63) is 29.3 Å². The smallest absolute Gasteiger partial charge is 0.258 e. The van der Waals surface area contributed by atoms with Gasteiger partial charge >= 0.3 is 0 Å². The first kappa shape index (κ1) is 14.9. The molecule has 4 heteroatoms. The fourth-order valence-corrected chi connectivity index (χ4v) is 2.69. The normalized spacial score (nSPS) is 16.9. The molecule has 2 rings (SSSR count). The fraction of sp³-hybridized carbons (Fsp3) is 0.562. The van der Waals surface area contributed by atoms with Gasteiger partial charge in [-0.2, -0.15) is 0 Å². The summed E-state index contributed by atoms with van der Waals surface area (Å²) in [5, 5.41) is 12.9. The van der Waals surface area contributed by atoms with Gasteiger partial charge in [0.1, 0.15) is 5.75 Å². The van der Waals surface area contributed by atoms with Gasteiger partial charge in [-0.25, -0.2) is 0 Å². The van der Waals surface area contributed by atoms with E-state index in [2.05, 4.69) is 5.32 Å². The lowest BCUT2D eigenvalue weighted by Gasteiger charge is -2.22. The van der Waals surface area contributed by atoms with Crippen LogP contribution in [-0.4, -0.2) is 29.8 Å². The van der Waals surface area contributed by atoms with Crippen LogP contribution < -0.4 is 10.1 Å². The molecule has 2 N–H and O–H groups in total. The molecule has 1 saturated carbocycles. The van der Waals surface area contributed by atoms with Gasteiger partial charge in [0, 0.05) is 6.54 Å². The Morgan fingerprint density at radius 1 is 1.30 bits per heavy atom. The summed E-state index contributed by atoms with van der Waals surface area (Å²) in [5.41, 5.74) is 1.33. The summed E-state index contributed by atoms with van der Waals surface area (Å²) >= 11 is 0. The first-order chi connectivity index (χ1) is 9.50. The Labute approximate surface area is 120 Å². The Morgan fingerprint density at radius 3 is 2.50 bits per heavy atom. The molecule has 0 bridgehead atoms. The first-order valence-corrected chi connectivity index (χ1v) is 7.18. The van der Waals surface area contributed by atoms with E-state index in [0.717, 1.165) is 42.6 Å². The van der Waals surface area contributed by atoms with Crippen LogP contribution in [0, 0.1) is 13.8 Å². The maximum atomic E-state index is 11.8. The molecule has 0 spiro atoms. The minimum atomic E-state index is -0.714. The van der Waals surface area contributed by atoms with Gasteiger partial charge in [0.05, 0.1) is 5.60 Å². The third-order valence-corrected chi connectivity index (χ3v) is 3.91. The summed E-state index contributed by atoms with van der Waals surface area (Å²) in [7, 11) is 0. The molecule has 0 radical (unpaired) electrons. The Morgan fingerprint density at radius 2 is 1.90 bits per heavy atom. The topological polar surface area (TPSA) is 58.6 Å². The number of amides is 1. The number of ether oxygens (including phenoxy) is 1. The number of hydrogen-bond acceptors (Lipinski definition) is 3. The van der Waals surface area contributed by atoms with E-state index in [4.69, 9.17) is 4.74 Å². The van der Waals surface area contributed by atoms with Crippen molar-refractivity contribution in [2.75, 3.05) is 13.2 Å². The Kier molecular flexibility index (Phi) is 4.65. The van der Waals surface area contributed by atoms with E-state index in [1.54, 1.807) is 0 Å². The number of carbonyl (C=O) groups is 1. The number of nitrogens with one attached hydrogen (secondary N) is 1. The molecular formula is C16H23NO3. The molecule has 0 aliphatic heterocycles. The van der Waals surface area contributed by atoms with Crippen LogP contribution in [0.25, 0.3) is 0 Å². The lowest BCUT2D eigenvalue weighted by molar-refractivity contribution is -0.124. The van der Waals surface area contributed by atoms with Gasteiger partial charge in [-0.1, -0.05) is 31.0 Å². The van der Waals surface area contributed by atoms with Gasteiger partial charge in [0.2, 0.25) is 0 Å². The van der Waals surface area contributed by atoms with E-state index in [0.29, 0.717) is 6.54 Å². The zero-order chi connectivity index (χ0) is 14.6. The van der Waals surface area contributed by atoms with Crippen LogP contribution in [0.5, 0.6) is 5.75 Å². The third kappa shape index (κ3) is 3.73. The Balaban J connectivity index is 1.80. The van der Waals surface area contributed by atoms with E-state index in [-0.39, 0.29) is 12.5 Å². The highest BCUT2D eigenvalue weighted by atomic mass is 16.5. The lowest BCUT2D eigenvalue weighted by atomic mass is 10.0. The molecular weight excluding hydrogens is 254 g/mol. The predicted molar refractivity (Wildman–Crippen MR) is 77.8 cm³/mol. The molecule has 20 heavy (non-hydrogen) atoms. The van der Waals surface area contributed by atoms with Gasteiger partial charge in [0.15, 0.2) is 6.61 Å². The minimum Gasteiger partial charge on any atom is -0.483 e. The molecule has 0 atom stereocenters. The van der Waals surface area contributed by atoms with E-state index >= 15 is 0 Å². The maximum absolute atomic E-state index is 11.8. The zero-order valence-corrected chi connectivity index (χ0v) is 12.2. The van der Waals surface area contributed by atoms with Crippen LogP contribution in [0.4, 0.5) is 0 Å². The maximum Gasteiger partial charge on any atom is 0.258 e. The minimum absolute atomic E-state index is 0.0121. The lowest BCUT2D eigenvalue weighted by Crippen LogP contribution is -2.42. The number of para-hydroxylation sites is 1. The second-order valence-corrected chi connectivity index (χ2v) is 5.72. The average molecular weight is 277 g/mol. The van der Waals surface area contributed by atoms with E-state index < -0.39 is 5.60 Å². The van der Waals surface area contributed by atoms with Gasteiger partial charge in [-0.3, -0.25) is 4.79 Å². The number of aliphatic hydroxyl groups is 1.